The first-order valence-corrected chi connectivity index (χ1v) is 8.09. The summed E-state index contributed by atoms with van der Waals surface area (Å²) in [4.78, 5) is 12.3. The molecule has 0 aromatic heterocycles. The molecule has 1 amide bonds. The van der Waals surface area contributed by atoms with Crippen LogP contribution in [0.5, 0.6) is 5.75 Å². The fourth-order valence-corrected chi connectivity index (χ4v) is 2.29. The number of hydrogen-bond donors (Lipinski definition) is 1. The van der Waals surface area contributed by atoms with E-state index >= 15 is 0 Å². The molecule has 0 radical (unpaired) electrons. The Bertz CT molecular complexity index is 653. The molecule has 22 heavy (non-hydrogen) atoms. The van der Waals surface area contributed by atoms with Gasteiger partial charge in [0, 0.05) is 10.2 Å². The van der Waals surface area contributed by atoms with Crippen LogP contribution in [0.1, 0.15) is 24.5 Å². The molecule has 0 aliphatic carbocycles. The smallest absolute Gasteiger partial charge is 0.265 e. The Morgan fingerprint density at radius 3 is 2.41 bits per heavy atom. The molecule has 0 saturated heterocycles. The van der Waals surface area contributed by atoms with E-state index in [-0.39, 0.29) is 5.91 Å². The van der Waals surface area contributed by atoms with E-state index in [0.29, 0.717) is 6.42 Å². The number of rotatable bonds is 5. The predicted molar refractivity (Wildman–Crippen MR) is 93.4 cm³/mol. The highest BCUT2D eigenvalue weighted by Crippen LogP contribution is 2.20. The number of hydrogen-bond acceptors (Lipinski definition) is 2. The molecular weight excluding hydrogens is 342 g/mol. The van der Waals surface area contributed by atoms with E-state index in [1.165, 1.54) is 5.56 Å². The van der Waals surface area contributed by atoms with Gasteiger partial charge in [-0.15, -0.1) is 0 Å². The van der Waals surface area contributed by atoms with Gasteiger partial charge in [0.15, 0.2) is 6.10 Å². The zero-order chi connectivity index (χ0) is 16.1. The number of anilines is 1. The second kappa shape index (κ2) is 7.45. The second-order valence-electron chi connectivity index (χ2n) is 5.26. The van der Waals surface area contributed by atoms with Crippen LogP contribution in [-0.4, -0.2) is 12.0 Å². The fourth-order valence-electron chi connectivity index (χ4n) is 2.03. The molecule has 0 unspecified atom stereocenters. The van der Waals surface area contributed by atoms with Crippen LogP contribution in [-0.2, 0) is 4.79 Å². The molecular formula is C18H20BrNO2. The van der Waals surface area contributed by atoms with Gasteiger partial charge in [0.05, 0.1) is 0 Å². The van der Waals surface area contributed by atoms with Crippen LogP contribution < -0.4 is 10.1 Å². The summed E-state index contributed by atoms with van der Waals surface area (Å²) < 4.78 is 6.81. The molecule has 0 spiro atoms. The molecule has 0 bridgehead atoms. The van der Waals surface area contributed by atoms with Gasteiger partial charge < -0.3 is 10.1 Å². The van der Waals surface area contributed by atoms with E-state index in [9.17, 15) is 4.79 Å². The number of carbonyl (C=O) groups is 1. The Morgan fingerprint density at radius 1 is 1.14 bits per heavy atom. The summed E-state index contributed by atoms with van der Waals surface area (Å²) in [7, 11) is 0. The van der Waals surface area contributed by atoms with Crippen LogP contribution in [0.25, 0.3) is 0 Å². The van der Waals surface area contributed by atoms with Crippen molar-refractivity contribution >= 4 is 27.5 Å². The third-order valence-corrected chi connectivity index (χ3v) is 4.06. The Morgan fingerprint density at radius 2 is 1.82 bits per heavy atom. The third-order valence-electron chi connectivity index (χ3n) is 3.53. The number of aryl methyl sites for hydroxylation is 2. The van der Waals surface area contributed by atoms with Gasteiger partial charge in [-0.1, -0.05) is 28.9 Å². The summed E-state index contributed by atoms with van der Waals surface area (Å²) in [5.41, 5.74) is 3.12. The zero-order valence-corrected chi connectivity index (χ0v) is 14.6. The molecule has 4 heteroatoms. The minimum atomic E-state index is -0.509. The van der Waals surface area contributed by atoms with Crippen molar-refractivity contribution in [3.8, 4) is 5.75 Å². The minimum Gasteiger partial charge on any atom is -0.481 e. The van der Waals surface area contributed by atoms with Crippen molar-refractivity contribution in [3.63, 3.8) is 0 Å². The Labute approximate surface area is 139 Å². The molecule has 0 heterocycles. The van der Waals surface area contributed by atoms with E-state index in [4.69, 9.17) is 4.74 Å². The predicted octanol–water partition coefficient (Wildman–Crippen LogP) is 4.86. The third kappa shape index (κ3) is 4.34. The van der Waals surface area contributed by atoms with Crippen LogP contribution in [0.4, 0.5) is 5.69 Å². The fraction of sp³-hybridized carbons (Fsp3) is 0.278. The standard InChI is InChI=1S/C18H20BrNO2/c1-4-17(22-16-10-5-12(2)13(3)11-16)18(21)20-15-8-6-14(19)7-9-15/h5-11,17H,4H2,1-3H3,(H,20,21)/t17-/m0/s1. The lowest BCUT2D eigenvalue weighted by Gasteiger charge is -2.18. The van der Waals surface area contributed by atoms with E-state index in [2.05, 4.69) is 28.2 Å². The molecule has 2 aromatic rings. The number of amides is 1. The number of ether oxygens (including phenoxy) is 1. The van der Waals surface area contributed by atoms with Gasteiger partial charge in [-0.3, -0.25) is 4.79 Å². The van der Waals surface area contributed by atoms with E-state index in [0.717, 1.165) is 21.5 Å². The topological polar surface area (TPSA) is 38.3 Å². The quantitative estimate of drug-likeness (QED) is 0.825. The zero-order valence-electron chi connectivity index (χ0n) is 13.0. The first-order chi connectivity index (χ1) is 10.5. The molecule has 116 valence electrons. The van der Waals surface area contributed by atoms with Gasteiger partial charge in [-0.25, -0.2) is 0 Å². The molecule has 0 fully saturated rings. The largest absolute Gasteiger partial charge is 0.481 e. The normalized spacial score (nSPS) is 11.8. The van der Waals surface area contributed by atoms with Crippen molar-refractivity contribution in [2.75, 3.05) is 5.32 Å². The van der Waals surface area contributed by atoms with Crippen molar-refractivity contribution in [3.05, 3.63) is 58.1 Å². The van der Waals surface area contributed by atoms with Crippen molar-refractivity contribution in [1.29, 1.82) is 0 Å². The van der Waals surface area contributed by atoms with Crippen LogP contribution in [0.3, 0.4) is 0 Å². The van der Waals surface area contributed by atoms with Crippen LogP contribution >= 0.6 is 15.9 Å². The molecule has 0 aliphatic rings. The molecule has 2 rings (SSSR count). The highest BCUT2D eigenvalue weighted by molar-refractivity contribution is 9.10. The van der Waals surface area contributed by atoms with Gasteiger partial charge in [0.25, 0.3) is 5.91 Å². The summed E-state index contributed by atoms with van der Waals surface area (Å²) in [5.74, 6) is 0.587. The monoisotopic (exact) mass is 361 g/mol. The maximum Gasteiger partial charge on any atom is 0.265 e. The lowest BCUT2D eigenvalue weighted by Crippen LogP contribution is -2.32. The summed E-state index contributed by atoms with van der Waals surface area (Å²) in [6.07, 6.45) is 0.0979. The lowest BCUT2D eigenvalue weighted by molar-refractivity contribution is -0.122. The maximum absolute atomic E-state index is 12.3. The summed E-state index contributed by atoms with van der Waals surface area (Å²) in [6.45, 7) is 6.02. The molecule has 1 atom stereocenters. The maximum atomic E-state index is 12.3. The summed E-state index contributed by atoms with van der Waals surface area (Å²) >= 11 is 3.37. The Hall–Kier alpha value is -1.81. The highest BCUT2D eigenvalue weighted by atomic mass is 79.9. The van der Waals surface area contributed by atoms with Crippen molar-refractivity contribution in [2.24, 2.45) is 0 Å². The number of nitrogens with one attached hydrogen (secondary N) is 1. The minimum absolute atomic E-state index is 0.136. The van der Waals surface area contributed by atoms with Crippen LogP contribution in [0.15, 0.2) is 46.9 Å². The molecule has 0 aliphatic heterocycles. The Kier molecular flexibility index (Phi) is 5.61. The second-order valence-corrected chi connectivity index (χ2v) is 6.17. The van der Waals surface area contributed by atoms with Gasteiger partial charge in [-0.05, 0) is 67.8 Å². The van der Waals surface area contributed by atoms with E-state index in [1.54, 1.807) is 0 Å². The first-order valence-electron chi connectivity index (χ1n) is 7.30. The van der Waals surface area contributed by atoms with Gasteiger partial charge >= 0.3 is 0 Å². The average Bonchev–Trinajstić information content (AvgIpc) is 2.50. The highest BCUT2D eigenvalue weighted by Gasteiger charge is 2.18. The first kappa shape index (κ1) is 16.6. The Balaban J connectivity index is 2.05. The van der Waals surface area contributed by atoms with Crippen molar-refractivity contribution in [2.45, 2.75) is 33.3 Å². The molecule has 3 nitrogen and oxygen atoms in total. The number of carbonyl (C=O) groups excluding carboxylic acids is 1. The van der Waals surface area contributed by atoms with Crippen LogP contribution in [0.2, 0.25) is 0 Å². The van der Waals surface area contributed by atoms with Crippen molar-refractivity contribution < 1.29 is 9.53 Å². The van der Waals surface area contributed by atoms with Crippen LogP contribution in [0, 0.1) is 13.8 Å². The number of halogens is 1. The van der Waals surface area contributed by atoms with E-state index < -0.39 is 6.10 Å². The molecule has 1 N–H and O–H groups in total. The lowest BCUT2D eigenvalue weighted by atomic mass is 10.1. The average molecular weight is 362 g/mol. The van der Waals surface area contributed by atoms with Gasteiger partial charge in [-0.2, -0.15) is 0 Å². The summed E-state index contributed by atoms with van der Waals surface area (Å²) in [6, 6.07) is 13.4. The molecule has 2 aromatic carbocycles. The van der Waals surface area contributed by atoms with Gasteiger partial charge in [0.2, 0.25) is 0 Å². The SMILES string of the molecule is CC[C@H](Oc1ccc(C)c(C)c1)C(=O)Nc1ccc(Br)cc1. The van der Waals surface area contributed by atoms with Gasteiger partial charge in [0.1, 0.15) is 5.75 Å². The molecule has 0 saturated carbocycles. The summed E-state index contributed by atoms with van der Waals surface area (Å²) in [5, 5.41) is 2.88. The van der Waals surface area contributed by atoms with E-state index in [1.807, 2.05) is 56.3 Å². The number of benzene rings is 2. The van der Waals surface area contributed by atoms with Crippen molar-refractivity contribution in [1.82, 2.24) is 0 Å².